The molecule has 0 aliphatic carbocycles. The van der Waals surface area contributed by atoms with Crippen LogP contribution in [-0.2, 0) is 11.8 Å². The van der Waals surface area contributed by atoms with Crippen molar-refractivity contribution in [1.82, 2.24) is 4.57 Å². The number of benzene rings is 2. The van der Waals surface area contributed by atoms with Crippen LogP contribution in [0.3, 0.4) is 0 Å². The van der Waals surface area contributed by atoms with E-state index in [2.05, 4.69) is 5.32 Å². The summed E-state index contributed by atoms with van der Waals surface area (Å²) in [6, 6.07) is 15.2. The van der Waals surface area contributed by atoms with Crippen LogP contribution in [-0.4, -0.2) is 16.3 Å². The average molecular weight is 377 g/mol. The van der Waals surface area contributed by atoms with E-state index in [9.17, 15) is 9.59 Å². The molecule has 28 heavy (non-hydrogen) atoms. The Hall–Kier alpha value is -3.08. The molecule has 5 nitrogen and oxygen atoms in total. The van der Waals surface area contributed by atoms with E-state index in [4.69, 9.17) is 5.73 Å². The van der Waals surface area contributed by atoms with Gasteiger partial charge in [0.15, 0.2) is 5.78 Å². The number of amides is 1. The molecule has 146 valence electrons. The van der Waals surface area contributed by atoms with Gasteiger partial charge in [-0.25, -0.2) is 0 Å². The van der Waals surface area contributed by atoms with Crippen molar-refractivity contribution in [3.05, 3.63) is 60.3 Å². The van der Waals surface area contributed by atoms with E-state index >= 15 is 0 Å². The smallest absolute Gasteiger partial charge is 0.224 e. The fourth-order valence-electron chi connectivity index (χ4n) is 3.35. The van der Waals surface area contributed by atoms with Crippen LogP contribution in [0.4, 0.5) is 11.4 Å². The highest BCUT2D eigenvalue weighted by atomic mass is 16.1. The van der Waals surface area contributed by atoms with E-state index in [1.54, 1.807) is 12.1 Å². The zero-order valence-electron chi connectivity index (χ0n) is 16.3. The molecular weight excluding hydrogens is 350 g/mol. The van der Waals surface area contributed by atoms with Crippen LogP contribution in [0.1, 0.15) is 48.9 Å². The topological polar surface area (TPSA) is 77.1 Å². The van der Waals surface area contributed by atoms with Crippen LogP contribution in [0.25, 0.3) is 10.9 Å². The van der Waals surface area contributed by atoms with Crippen LogP contribution < -0.4 is 11.1 Å². The third-order valence-electron chi connectivity index (χ3n) is 5.00. The molecule has 0 atom stereocenters. The molecule has 3 N–H and O–H groups in total. The number of carbonyl (C=O) groups is 2. The third-order valence-corrected chi connectivity index (χ3v) is 5.00. The number of nitrogens with two attached hydrogens (primary N) is 1. The van der Waals surface area contributed by atoms with Crippen molar-refractivity contribution < 1.29 is 9.59 Å². The summed E-state index contributed by atoms with van der Waals surface area (Å²) >= 11 is 0. The normalized spacial score (nSPS) is 10.9. The van der Waals surface area contributed by atoms with Gasteiger partial charge < -0.3 is 15.6 Å². The van der Waals surface area contributed by atoms with E-state index in [1.165, 1.54) is 0 Å². The Balaban J connectivity index is 1.34. The lowest BCUT2D eigenvalue weighted by Crippen LogP contribution is -2.12. The number of anilines is 2. The fraction of sp³-hybridized carbons (Fsp3) is 0.304. The molecule has 1 heterocycles. The number of nitrogens with zero attached hydrogens (tertiary/aromatic N) is 1. The predicted molar refractivity (Wildman–Crippen MR) is 114 cm³/mol. The van der Waals surface area contributed by atoms with Gasteiger partial charge >= 0.3 is 0 Å². The Morgan fingerprint density at radius 2 is 1.71 bits per heavy atom. The summed E-state index contributed by atoms with van der Waals surface area (Å²) in [4.78, 5) is 24.4. The van der Waals surface area contributed by atoms with Crippen molar-refractivity contribution >= 4 is 34.0 Å². The molecule has 0 unspecified atom stereocenters. The largest absolute Gasteiger partial charge is 0.397 e. The summed E-state index contributed by atoms with van der Waals surface area (Å²) in [5.74, 6) is 0.160. The number of nitrogens with one attached hydrogen (secondary N) is 1. The first-order valence-electron chi connectivity index (χ1n) is 9.77. The van der Waals surface area contributed by atoms with Gasteiger partial charge in [-0.15, -0.1) is 0 Å². The number of aromatic nitrogens is 1. The second kappa shape index (κ2) is 9.22. The van der Waals surface area contributed by atoms with Gasteiger partial charge in [-0.3, -0.25) is 9.59 Å². The zero-order valence-corrected chi connectivity index (χ0v) is 16.3. The number of para-hydroxylation sites is 2. The maximum Gasteiger partial charge on any atom is 0.224 e. The Kier molecular flexibility index (Phi) is 6.48. The summed E-state index contributed by atoms with van der Waals surface area (Å²) in [5, 5.41) is 3.93. The molecule has 0 aliphatic heterocycles. The number of fused-ring (bicyclic) bond motifs is 1. The summed E-state index contributed by atoms with van der Waals surface area (Å²) in [6.07, 6.45) is 6.55. The van der Waals surface area contributed by atoms with Gasteiger partial charge in [-0.05, 0) is 49.2 Å². The minimum absolute atomic E-state index is 0.0230. The number of rotatable bonds is 9. The van der Waals surface area contributed by atoms with Gasteiger partial charge in [0, 0.05) is 42.6 Å². The van der Waals surface area contributed by atoms with Crippen molar-refractivity contribution in [2.75, 3.05) is 11.1 Å². The number of carbonyl (C=O) groups excluding carboxylic acids is 2. The van der Waals surface area contributed by atoms with E-state index in [0.717, 1.165) is 42.1 Å². The first-order valence-corrected chi connectivity index (χ1v) is 9.77. The number of nitrogen functional groups attached to an aromatic ring is 1. The molecule has 5 heteroatoms. The first-order chi connectivity index (χ1) is 13.5. The Morgan fingerprint density at radius 1 is 0.964 bits per heavy atom. The fourth-order valence-corrected chi connectivity index (χ4v) is 3.35. The summed E-state index contributed by atoms with van der Waals surface area (Å²) in [6.45, 7) is 0. The average Bonchev–Trinajstić information content (AvgIpc) is 3.06. The molecule has 3 aromatic rings. The minimum Gasteiger partial charge on any atom is -0.397 e. The Labute approximate surface area is 165 Å². The van der Waals surface area contributed by atoms with Gasteiger partial charge in [0.05, 0.1) is 11.4 Å². The number of unbranched alkanes of at least 4 members (excludes halogenated alkanes) is 3. The van der Waals surface area contributed by atoms with E-state index in [1.807, 2.05) is 54.2 Å². The molecule has 0 saturated heterocycles. The molecule has 0 fully saturated rings. The van der Waals surface area contributed by atoms with Crippen molar-refractivity contribution in [3.63, 3.8) is 0 Å². The highest BCUT2D eigenvalue weighted by Gasteiger charge is 2.08. The van der Waals surface area contributed by atoms with Gasteiger partial charge in [0.2, 0.25) is 5.91 Å². The predicted octanol–water partition coefficient (Wildman–Crippen LogP) is 4.92. The minimum atomic E-state index is -0.0230. The molecule has 1 amide bonds. The van der Waals surface area contributed by atoms with Crippen molar-refractivity contribution in [3.8, 4) is 0 Å². The van der Waals surface area contributed by atoms with Crippen LogP contribution in [0.2, 0.25) is 0 Å². The van der Waals surface area contributed by atoms with Gasteiger partial charge in [0.1, 0.15) is 0 Å². The Morgan fingerprint density at radius 3 is 2.50 bits per heavy atom. The molecule has 0 spiro atoms. The lowest BCUT2D eigenvalue weighted by Gasteiger charge is -2.07. The molecule has 0 aliphatic rings. The van der Waals surface area contributed by atoms with Gasteiger partial charge in [-0.2, -0.15) is 0 Å². The lowest BCUT2D eigenvalue weighted by atomic mass is 10.0. The second-order valence-corrected chi connectivity index (χ2v) is 7.17. The van der Waals surface area contributed by atoms with E-state index in [0.29, 0.717) is 24.2 Å². The number of Topliss-reactive ketones (excluding diaryl/α,β-unsaturated/α-hetero) is 1. The monoisotopic (exact) mass is 377 g/mol. The van der Waals surface area contributed by atoms with Crippen molar-refractivity contribution in [1.29, 1.82) is 0 Å². The zero-order chi connectivity index (χ0) is 19.9. The second-order valence-electron chi connectivity index (χ2n) is 7.17. The summed E-state index contributed by atoms with van der Waals surface area (Å²) < 4.78 is 2.05. The molecule has 1 aromatic heterocycles. The standard InChI is InChI=1S/C23H27N3O2/c1-26-15-14-17-16-18(12-13-21(17)26)22(27)10-4-2-3-5-11-23(28)25-20-9-7-6-8-19(20)24/h6-9,12-16H,2-5,10-11,24H2,1H3,(H,25,28). The number of hydrogen-bond acceptors (Lipinski definition) is 3. The number of hydrogen-bond donors (Lipinski definition) is 2. The number of aryl methyl sites for hydroxylation is 1. The number of ketones is 1. The quantitative estimate of drug-likeness (QED) is 0.315. The molecule has 3 rings (SSSR count). The molecule has 0 radical (unpaired) electrons. The molecule has 2 aromatic carbocycles. The molecular formula is C23H27N3O2. The van der Waals surface area contributed by atoms with Crippen molar-refractivity contribution in [2.24, 2.45) is 7.05 Å². The highest BCUT2D eigenvalue weighted by molar-refractivity contribution is 5.99. The van der Waals surface area contributed by atoms with E-state index < -0.39 is 0 Å². The molecule has 0 saturated carbocycles. The highest BCUT2D eigenvalue weighted by Crippen LogP contribution is 2.19. The van der Waals surface area contributed by atoms with E-state index in [-0.39, 0.29) is 11.7 Å². The van der Waals surface area contributed by atoms with Crippen LogP contribution in [0, 0.1) is 0 Å². The maximum absolute atomic E-state index is 12.4. The lowest BCUT2D eigenvalue weighted by molar-refractivity contribution is -0.116. The van der Waals surface area contributed by atoms with Crippen LogP contribution >= 0.6 is 0 Å². The summed E-state index contributed by atoms with van der Waals surface area (Å²) in [7, 11) is 2.00. The van der Waals surface area contributed by atoms with Gasteiger partial charge in [0.25, 0.3) is 0 Å². The molecule has 0 bridgehead atoms. The third kappa shape index (κ3) is 5.00. The SMILES string of the molecule is Cn1ccc2cc(C(=O)CCCCCCC(=O)Nc3ccccc3N)ccc21. The Bertz CT molecular complexity index is 975. The van der Waals surface area contributed by atoms with Gasteiger partial charge in [-0.1, -0.05) is 25.0 Å². The van der Waals surface area contributed by atoms with Crippen LogP contribution in [0.5, 0.6) is 0 Å². The first kappa shape index (κ1) is 19.7. The van der Waals surface area contributed by atoms with Crippen molar-refractivity contribution in [2.45, 2.75) is 38.5 Å². The maximum atomic E-state index is 12.4. The summed E-state index contributed by atoms with van der Waals surface area (Å²) in [5.41, 5.74) is 8.96. The van der Waals surface area contributed by atoms with Crippen LogP contribution in [0.15, 0.2) is 54.7 Å².